The number of phenolic OH excluding ortho intramolecular Hbond substituents is 1. The van der Waals surface area contributed by atoms with Crippen molar-refractivity contribution in [2.75, 3.05) is 0 Å². The summed E-state index contributed by atoms with van der Waals surface area (Å²) in [7, 11) is 0. The molecule has 0 aliphatic heterocycles. The van der Waals surface area contributed by atoms with Crippen LogP contribution in [0.3, 0.4) is 0 Å². The summed E-state index contributed by atoms with van der Waals surface area (Å²) in [5.74, 6) is 1.06. The molecule has 0 radical (unpaired) electrons. The zero-order valence-electron chi connectivity index (χ0n) is 10.0. The van der Waals surface area contributed by atoms with Crippen molar-refractivity contribution in [3.63, 3.8) is 0 Å². The minimum Gasteiger partial charge on any atom is -0.508 e. The quantitative estimate of drug-likeness (QED) is 0.746. The molecule has 0 saturated carbocycles. The van der Waals surface area contributed by atoms with Crippen LogP contribution in [0, 0.1) is 6.92 Å². The number of pyridine rings is 1. The molecule has 0 bridgehead atoms. The first-order chi connectivity index (χ1) is 8.72. The van der Waals surface area contributed by atoms with E-state index in [1.807, 2.05) is 41.8 Å². The van der Waals surface area contributed by atoms with Gasteiger partial charge in [-0.2, -0.15) is 5.10 Å². The van der Waals surface area contributed by atoms with Crippen LogP contribution in [0.4, 0.5) is 0 Å². The topological polar surface area (TPSA) is 50.4 Å². The van der Waals surface area contributed by atoms with Crippen molar-refractivity contribution in [1.82, 2.24) is 14.6 Å². The SMILES string of the molecule is Cc1cccc2nc(Cc3ccc(O)cc3)nn12. The summed E-state index contributed by atoms with van der Waals surface area (Å²) in [6.07, 6.45) is 0.668. The van der Waals surface area contributed by atoms with E-state index in [4.69, 9.17) is 0 Å². The largest absolute Gasteiger partial charge is 0.508 e. The zero-order chi connectivity index (χ0) is 12.5. The number of fused-ring (bicyclic) bond motifs is 1. The highest BCUT2D eigenvalue weighted by molar-refractivity contribution is 5.39. The predicted molar refractivity (Wildman–Crippen MR) is 68.6 cm³/mol. The van der Waals surface area contributed by atoms with Gasteiger partial charge >= 0.3 is 0 Å². The maximum Gasteiger partial charge on any atom is 0.156 e. The Morgan fingerprint density at radius 3 is 2.61 bits per heavy atom. The van der Waals surface area contributed by atoms with Gasteiger partial charge < -0.3 is 5.11 Å². The fourth-order valence-corrected chi connectivity index (χ4v) is 1.95. The van der Waals surface area contributed by atoms with E-state index >= 15 is 0 Å². The molecule has 18 heavy (non-hydrogen) atoms. The first kappa shape index (κ1) is 10.8. The van der Waals surface area contributed by atoms with Crippen LogP contribution in [0.25, 0.3) is 5.65 Å². The Kier molecular flexibility index (Phi) is 2.48. The minimum absolute atomic E-state index is 0.276. The van der Waals surface area contributed by atoms with Gasteiger partial charge in [0, 0.05) is 12.1 Å². The molecule has 0 spiro atoms. The molecule has 0 amide bonds. The lowest BCUT2D eigenvalue weighted by Gasteiger charge is -1.97. The summed E-state index contributed by atoms with van der Waals surface area (Å²) in [4.78, 5) is 4.48. The summed E-state index contributed by atoms with van der Waals surface area (Å²) in [6, 6.07) is 13.0. The molecule has 2 heterocycles. The molecular weight excluding hydrogens is 226 g/mol. The number of hydrogen-bond acceptors (Lipinski definition) is 3. The Hall–Kier alpha value is -2.36. The summed E-state index contributed by atoms with van der Waals surface area (Å²) in [5, 5.41) is 13.7. The van der Waals surface area contributed by atoms with Crippen LogP contribution in [0.2, 0.25) is 0 Å². The standard InChI is InChI=1S/C14H13N3O/c1-10-3-2-4-14-15-13(16-17(10)14)9-11-5-7-12(18)8-6-11/h2-8,18H,9H2,1H3. The predicted octanol–water partition coefficient (Wildman–Crippen LogP) is 2.33. The molecule has 0 unspecified atom stereocenters. The van der Waals surface area contributed by atoms with Gasteiger partial charge in [-0.3, -0.25) is 0 Å². The highest BCUT2D eigenvalue weighted by Gasteiger charge is 2.05. The number of hydrogen-bond donors (Lipinski definition) is 1. The molecule has 0 saturated heterocycles. The lowest BCUT2D eigenvalue weighted by molar-refractivity contribution is 0.475. The highest BCUT2D eigenvalue weighted by atomic mass is 16.3. The molecule has 90 valence electrons. The molecular formula is C14H13N3O. The third-order valence-electron chi connectivity index (χ3n) is 2.89. The lowest BCUT2D eigenvalue weighted by Crippen LogP contribution is -1.94. The van der Waals surface area contributed by atoms with Crippen molar-refractivity contribution in [3.8, 4) is 5.75 Å². The molecule has 2 aromatic heterocycles. The maximum absolute atomic E-state index is 9.24. The number of nitrogens with zero attached hydrogens (tertiary/aromatic N) is 3. The average Bonchev–Trinajstić information content (AvgIpc) is 2.76. The van der Waals surface area contributed by atoms with E-state index < -0.39 is 0 Å². The van der Waals surface area contributed by atoms with Gasteiger partial charge in [0.15, 0.2) is 11.5 Å². The van der Waals surface area contributed by atoms with Crippen LogP contribution in [0.5, 0.6) is 5.75 Å². The zero-order valence-corrected chi connectivity index (χ0v) is 10.0. The second kappa shape index (κ2) is 4.14. The van der Waals surface area contributed by atoms with Crippen molar-refractivity contribution >= 4 is 5.65 Å². The molecule has 3 aromatic rings. The first-order valence-corrected chi connectivity index (χ1v) is 5.81. The Labute approximate surface area is 105 Å². The van der Waals surface area contributed by atoms with E-state index in [-0.39, 0.29) is 5.75 Å². The van der Waals surface area contributed by atoms with Gasteiger partial charge in [0.2, 0.25) is 0 Å². The molecule has 1 N–H and O–H groups in total. The number of aromatic hydroxyl groups is 1. The van der Waals surface area contributed by atoms with Gasteiger partial charge in [-0.05, 0) is 36.8 Å². The summed E-state index contributed by atoms with van der Waals surface area (Å²) < 4.78 is 1.84. The molecule has 4 nitrogen and oxygen atoms in total. The molecule has 0 aliphatic carbocycles. The van der Waals surface area contributed by atoms with Gasteiger partial charge in [-0.1, -0.05) is 18.2 Å². The molecule has 1 aromatic carbocycles. The number of aromatic nitrogens is 3. The maximum atomic E-state index is 9.24. The van der Waals surface area contributed by atoms with E-state index in [1.54, 1.807) is 12.1 Å². The Bertz CT molecular complexity index is 686. The van der Waals surface area contributed by atoms with Crippen molar-refractivity contribution < 1.29 is 5.11 Å². The van der Waals surface area contributed by atoms with Gasteiger partial charge in [-0.25, -0.2) is 9.50 Å². The van der Waals surface area contributed by atoms with E-state index in [9.17, 15) is 5.11 Å². The van der Waals surface area contributed by atoms with E-state index in [2.05, 4.69) is 10.1 Å². The van der Waals surface area contributed by atoms with Crippen molar-refractivity contribution in [3.05, 3.63) is 59.5 Å². The summed E-state index contributed by atoms with van der Waals surface area (Å²) in [6.45, 7) is 2.01. The second-order valence-corrected chi connectivity index (χ2v) is 4.31. The number of rotatable bonds is 2. The molecule has 3 rings (SSSR count). The summed E-state index contributed by atoms with van der Waals surface area (Å²) >= 11 is 0. The third-order valence-corrected chi connectivity index (χ3v) is 2.89. The molecule has 4 heteroatoms. The van der Waals surface area contributed by atoms with Crippen molar-refractivity contribution in [2.45, 2.75) is 13.3 Å². The monoisotopic (exact) mass is 239 g/mol. The Morgan fingerprint density at radius 1 is 1.11 bits per heavy atom. The fraction of sp³-hybridized carbons (Fsp3) is 0.143. The van der Waals surface area contributed by atoms with Crippen LogP contribution >= 0.6 is 0 Å². The minimum atomic E-state index is 0.276. The Morgan fingerprint density at radius 2 is 1.89 bits per heavy atom. The van der Waals surface area contributed by atoms with Gasteiger partial charge in [0.25, 0.3) is 0 Å². The third kappa shape index (κ3) is 1.93. The molecule has 0 fully saturated rings. The fourth-order valence-electron chi connectivity index (χ4n) is 1.95. The average molecular weight is 239 g/mol. The normalized spacial score (nSPS) is 10.9. The van der Waals surface area contributed by atoms with Crippen molar-refractivity contribution in [2.24, 2.45) is 0 Å². The van der Waals surface area contributed by atoms with E-state index in [1.165, 1.54) is 0 Å². The summed E-state index contributed by atoms with van der Waals surface area (Å²) in [5.41, 5.74) is 3.02. The van der Waals surface area contributed by atoms with Gasteiger partial charge in [0.05, 0.1) is 0 Å². The van der Waals surface area contributed by atoms with Gasteiger partial charge in [-0.15, -0.1) is 0 Å². The van der Waals surface area contributed by atoms with Crippen LogP contribution in [-0.2, 0) is 6.42 Å². The van der Waals surface area contributed by atoms with Crippen LogP contribution in [0.15, 0.2) is 42.5 Å². The van der Waals surface area contributed by atoms with Crippen molar-refractivity contribution in [1.29, 1.82) is 0 Å². The lowest BCUT2D eigenvalue weighted by atomic mass is 10.1. The van der Waals surface area contributed by atoms with E-state index in [0.29, 0.717) is 6.42 Å². The van der Waals surface area contributed by atoms with Crippen LogP contribution < -0.4 is 0 Å². The van der Waals surface area contributed by atoms with Crippen LogP contribution in [-0.4, -0.2) is 19.7 Å². The molecule has 0 atom stereocenters. The van der Waals surface area contributed by atoms with E-state index in [0.717, 1.165) is 22.7 Å². The highest BCUT2D eigenvalue weighted by Crippen LogP contribution is 2.13. The number of phenols is 1. The van der Waals surface area contributed by atoms with Gasteiger partial charge in [0.1, 0.15) is 5.75 Å². The van der Waals surface area contributed by atoms with Crippen LogP contribution in [0.1, 0.15) is 17.1 Å². The number of aryl methyl sites for hydroxylation is 1. The smallest absolute Gasteiger partial charge is 0.156 e. The Balaban J connectivity index is 1.95. The number of benzene rings is 1. The first-order valence-electron chi connectivity index (χ1n) is 5.81. The molecule has 0 aliphatic rings. The second-order valence-electron chi connectivity index (χ2n) is 4.31.